The third-order valence-electron chi connectivity index (χ3n) is 3.19. The number of anilines is 1. The minimum absolute atomic E-state index is 0.00571. The van der Waals surface area contributed by atoms with Crippen LogP contribution in [0.5, 0.6) is 0 Å². The average molecular weight is 327 g/mol. The van der Waals surface area contributed by atoms with Gasteiger partial charge in [-0.3, -0.25) is 4.79 Å². The van der Waals surface area contributed by atoms with Gasteiger partial charge in [-0.2, -0.15) is 0 Å². The van der Waals surface area contributed by atoms with Gasteiger partial charge >= 0.3 is 0 Å². The second kappa shape index (κ2) is 7.65. The zero-order chi connectivity index (χ0) is 14.4. The van der Waals surface area contributed by atoms with Crippen LogP contribution in [-0.4, -0.2) is 11.9 Å². The van der Waals surface area contributed by atoms with Gasteiger partial charge in [-0.25, -0.2) is 0 Å². The summed E-state index contributed by atoms with van der Waals surface area (Å²) in [6.45, 7) is 5.96. The Morgan fingerprint density at radius 1 is 1.37 bits per heavy atom. The molecule has 3 nitrogen and oxygen atoms in total. The first kappa shape index (κ1) is 16.2. The Morgan fingerprint density at radius 3 is 2.68 bits per heavy atom. The first-order valence-electron chi connectivity index (χ1n) is 6.73. The maximum Gasteiger partial charge on any atom is 0.227 e. The predicted molar refractivity (Wildman–Crippen MR) is 84.2 cm³/mol. The van der Waals surface area contributed by atoms with Gasteiger partial charge in [-0.15, -0.1) is 0 Å². The minimum Gasteiger partial charge on any atom is -0.328 e. The maximum atomic E-state index is 12.1. The van der Waals surface area contributed by atoms with Gasteiger partial charge in [0.2, 0.25) is 5.91 Å². The summed E-state index contributed by atoms with van der Waals surface area (Å²) in [5.74, 6) is 0.0714. The Labute approximate surface area is 124 Å². The Bertz CT molecular complexity index is 432. The number of hydrogen-bond acceptors (Lipinski definition) is 2. The van der Waals surface area contributed by atoms with Crippen LogP contribution >= 0.6 is 15.9 Å². The summed E-state index contributed by atoms with van der Waals surface area (Å²) >= 11 is 3.50. The van der Waals surface area contributed by atoms with E-state index in [-0.39, 0.29) is 17.9 Å². The van der Waals surface area contributed by atoms with Crippen LogP contribution in [0.1, 0.15) is 38.7 Å². The van der Waals surface area contributed by atoms with Crippen molar-refractivity contribution < 1.29 is 4.79 Å². The second-order valence-corrected chi connectivity index (χ2v) is 6.03. The highest BCUT2D eigenvalue weighted by Crippen LogP contribution is 2.26. The maximum absolute atomic E-state index is 12.1. The van der Waals surface area contributed by atoms with Crippen LogP contribution in [0, 0.1) is 12.8 Å². The van der Waals surface area contributed by atoms with E-state index in [0.717, 1.165) is 35.0 Å². The topological polar surface area (TPSA) is 55.1 Å². The third kappa shape index (κ3) is 5.33. The van der Waals surface area contributed by atoms with Crippen molar-refractivity contribution in [3.05, 3.63) is 28.2 Å². The number of halogens is 1. The van der Waals surface area contributed by atoms with Crippen molar-refractivity contribution in [3.8, 4) is 0 Å². The van der Waals surface area contributed by atoms with Crippen molar-refractivity contribution in [2.75, 3.05) is 5.32 Å². The van der Waals surface area contributed by atoms with Gasteiger partial charge in [-0.05, 0) is 54.2 Å². The van der Waals surface area contributed by atoms with Gasteiger partial charge < -0.3 is 11.1 Å². The van der Waals surface area contributed by atoms with E-state index in [2.05, 4.69) is 21.2 Å². The van der Waals surface area contributed by atoms with Crippen molar-refractivity contribution in [1.82, 2.24) is 0 Å². The molecule has 1 amide bonds. The number of nitrogens with two attached hydrogens (primary N) is 1. The summed E-state index contributed by atoms with van der Waals surface area (Å²) in [4.78, 5) is 12.1. The summed E-state index contributed by atoms with van der Waals surface area (Å²) in [7, 11) is 0. The van der Waals surface area contributed by atoms with Crippen molar-refractivity contribution in [2.45, 2.75) is 46.1 Å². The molecule has 3 N–H and O–H groups in total. The molecule has 0 aromatic heterocycles. The van der Waals surface area contributed by atoms with E-state index in [9.17, 15) is 4.79 Å². The fourth-order valence-electron chi connectivity index (χ4n) is 1.88. The second-order valence-electron chi connectivity index (χ2n) is 5.23. The number of amides is 1. The normalized spacial score (nSPS) is 13.9. The highest BCUT2D eigenvalue weighted by Gasteiger charge is 2.14. The highest BCUT2D eigenvalue weighted by molar-refractivity contribution is 9.10. The molecular weight excluding hydrogens is 304 g/mol. The summed E-state index contributed by atoms with van der Waals surface area (Å²) in [5, 5.41) is 2.97. The number of carbonyl (C=O) groups is 1. The first-order valence-corrected chi connectivity index (χ1v) is 7.52. The number of carbonyl (C=O) groups excluding carboxylic acids is 1. The van der Waals surface area contributed by atoms with E-state index >= 15 is 0 Å². The molecule has 0 saturated carbocycles. The van der Waals surface area contributed by atoms with Crippen molar-refractivity contribution in [1.29, 1.82) is 0 Å². The Kier molecular flexibility index (Phi) is 6.52. The third-order valence-corrected chi connectivity index (χ3v) is 4.25. The number of rotatable bonds is 6. The molecular formula is C15H23BrN2O. The van der Waals surface area contributed by atoms with E-state index in [0.29, 0.717) is 0 Å². The molecule has 19 heavy (non-hydrogen) atoms. The smallest absolute Gasteiger partial charge is 0.227 e. The van der Waals surface area contributed by atoms with Crippen LogP contribution in [0.25, 0.3) is 0 Å². The molecule has 0 bridgehead atoms. The predicted octanol–water partition coefficient (Wildman–Crippen LogP) is 3.85. The largest absolute Gasteiger partial charge is 0.328 e. The van der Waals surface area contributed by atoms with Crippen molar-refractivity contribution in [2.24, 2.45) is 11.7 Å². The van der Waals surface area contributed by atoms with Crippen LogP contribution in [0.15, 0.2) is 22.7 Å². The van der Waals surface area contributed by atoms with E-state index in [4.69, 9.17) is 5.73 Å². The highest BCUT2D eigenvalue weighted by atomic mass is 79.9. The van der Waals surface area contributed by atoms with Gasteiger partial charge in [-0.1, -0.05) is 25.5 Å². The van der Waals surface area contributed by atoms with Crippen molar-refractivity contribution >= 4 is 27.5 Å². The Hall–Kier alpha value is -0.870. The average Bonchev–Trinajstić information content (AvgIpc) is 2.34. The minimum atomic E-state index is 0.00571. The molecule has 0 fully saturated rings. The van der Waals surface area contributed by atoms with Gasteiger partial charge in [0.05, 0.1) is 5.69 Å². The summed E-state index contributed by atoms with van der Waals surface area (Å²) in [6, 6.07) is 6.06. The van der Waals surface area contributed by atoms with E-state index in [1.807, 2.05) is 39.0 Å². The van der Waals surface area contributed by atoms with Gasteiger partial charge in [0.15, 0.2) is 0 Å². The van der Waals surface area contributed by atoms with E-state index in [1.165, 1.54) is 0 Å². The summed E-state index contributed by atoms with van der Waals surface area (Å²) in [5.41, 5.74) is 7.66. The van der Waals surface area contributed by atoms with Gasteiger partial charge in [0, 0.05) is 16.4 Å². The molecule has 106 valence electrons. The Morgan fingerprint density at radius 2 is 2.05 bits per heavy atom. The molecule has 4 heteroatoms. The Balaban J connectivity index is 2.52. The van der Waals surface area contributed by atoms with Crippen LogP contribution < -0.4 is 11.1 Å². The SMILES string of the molecule is Cc1cccc(NC(=O)C(C)CCCC(C)N)c1Br. The zero-order valence-electron chi connectivity index (χ0n) is 11.9. The van der Waals surface area contributed by atoms with Crippen LogP contribution in [0.4, 0.5) is 5.69 Å². The molecule has 1 rings (SSSR count). The summed E-state index contributed by atoms with van der Waals surface area (Å²) < 4.78 is 0.950. The molecule has 2 unspecified atom stereocenters. The lowest BCUT2D eigenvalue weighted by Crippen LogP contribution is -2.21. The molecule has 0 radical (unpaired) electrons. The molecule has 0 aliphatic rings. The first-order chi connectivity index (χ1) is 8.91. The molecule has 0 spiro atoms. The quantitative estimate of drug-likeness (QED) is 0.834. The fourth-order valence-corrected chi connectivity index (χ4v) is 2.24. The molecule has 0 saturated heterocycles. The number of benzene rings is 1. The van der Waals surface area contributed by atoms with Crippen LogP contribution in [0.2, 0.25) is 0 Å². The summed E-state index contributed by atoms with van der Waals surface area (Å²) in [6.07, 6.45) is 2.82. The molecule has 0 aliphatic carbocycles. The fraction of sp³-hybridized carbons (Fsp3) is 0.533. The molecule has 1 aromatic carbocycles. The number of nitrogens with one attached hydrogen (secondary N) is 1. The van der Waals surface area contributed by atoms with Crippen LogP contribution in [-0.2, 0) is 4.79 Å². The molecule has 1 aromatic rings. The van der Waals surface area contributed by atoms with E-state index < -0.39 is 0 Å². The molecule has 0 heterocycles. The number of hydrogen-bond donors (Lipinski definition) is 2. The monoisotopic (exact) mass is 326 g/mol. The number of aryl methyl sites for hydroxylation is 1. The molecule has 2 atom stereocenters. The van der Waals surface area contributed by atoms with Gasteiger partial charge in [0.1, 0.15) is 0 Å². The lowest BCUT2D eigenvalue weighted by atomic mass is 10.0. The van der Waals surface area contributed by atoms with Crippen LogP contribution in [0.3, 0.4) is 0 Å². The van der Waals surface area contributed by atoms with E-state index in [1.54, 1.807) is 0 Å². The van der Waals surface area contributed by atoms with Crippen molar-refractivity contribution in [3.63, 3.8) is 0 Å². The standard InChI is InChI=1S/C15H23BrN2O/c1-10-6-5-9-13(14(10)16)18-15(19)11(2)7-4-8-12(3)17/h5-6,9,11-12H,4,7-8,17H2,1-3H3,(H,18,19). The lowest BCUT2D eigenvalue weighted by molar-refractivity contribution is -0.119. The van der Waals surface area contributed by atoms with Gasteiger partial charge in [0.25, 0.3) is 0 Å². The zero-order valence-corrected chi connectivity index (χ0v) is 13.5. The lowest BCUT2D eigenvalue weighted by Gasteiger charge is -2.14. The molecule has 0 aliphatic heterocycles.